The van der Waals surface area contributed by atoms with E-state index in [1.165, 1.54) is 13.0 Å². The summed E-state index contributed by atoms with van der Waals surface area (Å²) in [5.74, 6) is -0.0446. The summed E-state index contributed by atoms with van der Waals surface area (Å²) in [5.41, 5.74) is 2.67. The fourth-order valence-electron chi connectivity index (χ4n) is 3.64. The first kappa shape index (κ1) is 17.5. The molecule has 2 aromatic carbocycles. The first-order valence-electron chi connectivity index (χ1n) is 8.66. The minimum absolute atomic E-state index is 0.0191. The molecule has 0 saturated carbocycles. The Morgan fingerprint density at radius 2 is 1.96 bits per heavy atom. The van der Waals surface area contributed by atoms with Crippen LogP contribution >= 0.6 is 0 Å². The van der Waals surface area contributed by atoms with Crippen LogP contribution < -0.4 is 9.62 Å². The Kier molecular flexibility index (Phi) is 4.11. The van der Waals surface area contributed by atoms with E-state index in [0.29, 0.717) is 17.6 Å². The number of nitrogens with one attached hydrogen (secondary N) is 1. The maximum absolute atomic E-state index is 12.9. The number of anilines is 2. The quantitative estimate of drug-likeness (QED) is 0.755. The third-order valence-electron chi connectivity index (χ3n) is 4.79. The molecule has 2 heterocycles. The number of para-hydroxylation sites is 1. The molecule has 0 aliphatic carbocycles. The number of nitrogens with zero attached hydrogens (tertiary/aromatic N) is 2. The van der Waals surface area contributed by atoms with Crippen molar-refractivity contribution in [1.82, 2.24) is 4.98 Å². The van der Waals surface area contributed by atoms with E-state index < -0.39 is 10.0 Å². The molecule has 0 fully saturated rings. The fourth-order valence-corrected chi connectivity index (χ4v) is 4.76. The summed E-state index contributed by atoms with van der Waals surface area (Å²) in [6, 6.07) is 14.0. The summed E-state index contributed by atoms with van der Waals surface area (Å²) in [6.45, 7) is 3.47. The van der Waals surface area contributed by atoms with E-state index in [2.05, 4.69) is 9.71 Å². The Morgan fingerprint density at radius 1 is 1.19 bits per heavy atom. The van der Waals surface area contributed by atoms with Gasteiger partial charge in [0.15, 0.2) is 0 Å². The molecule has 1 unspecified atom stereocenters. The smallest absolute Gasteiger partial charge is 0.261 e. The van der Waals surface area contributed by atoms with E-state index in [9.17, 15) is 13.2 Å². The Morgan fingerprint density at radius 3 is 2.74 bits per heavy atom. The van der Waals surface area contributed by atoms with Crippen molar-refractivity contribution in [2.24, 2.45) is 0 Å². The monoisotopic (exact) mass is 381 g/mol. The lowest BCUT2D eigenvalue weighted by atomic mass is 10.1. The van der Waals surface area contributed by atoms with E-state index in [0.717, 1.165) is 16.6 Å². The number of carbonyl (C=O) groups is 1. The van der Waals surface area contributed by atoms with Crippen LogP contribution in [0.15, 0.2) is 59.6 Å². The number of hydrogen-bond donors (Lipinski definition) is 1. The number of carbonyl (C=O) groups excluding carboxylic acids is 1. The minimum Gasteiger partial charge on any atom is -0.309 e. The molecule has 27 heavy (non-hydrogen) atoms. The van der Waals surface area contributed by atoms with Gasteiger partial charge in [0.1, 0.15) is 0 Å². The standard InChI is InChI=1S/C20H19N3O3S/c1-13-11-16-12-17(8-9-19(16)23(13)14(2)24)27(25,26)22-18-7-3-5-15-6-4-10-21-20(15)18/h3-10,12-13,22H,11H2,1-2H3. The van der Waals surface area contributed by atoms with Crippen molar-refractivity contribution < 1.29 is 13.2 Å². The Hall–Kier alpha value is -2.93. The zero-order chi connectivity index (χ0) is 19.2. The van der Waals surface area contributed by atoms with Crippen molar-refractivity contribution in [3.63, 3.8) is 0 Å². The van der Waals surface area contributed by atoms with Gasteiger partial charge in [-0.3, -0.25) is 14.5 Å². The van der Waals surface area contributed by atoms with Crippen LogP contribution in [0.1, 0.15) is 19.4 Å². The molecular weight excluding hydrogens is 362 g/mol. The lowest BCUT2D eigenvalue weighted by Gasteiger charge is -2.20. The van der Waals surface area contributed by atoms with Gasteiger partial charge in [-0.2, -0.15) is 0 Å². The van der Waals surface area contributed by atoms with Crippen molar-refractivity contribution in [1.29, 1.82) is 0 Å². The highest BCUT2D eigenvalue weighted by atomic mass is 32.2. The van der Waals surface area contributed by atoms with Crippen molar-refractivity contribution in [2.75, 3.05) is 9.62 Å². The van der Waals surface area contributed by atoms with Gasteiger partial charge >= 0.3 is 0 Å². The third-order valence-corrected chi connectivity index (χ3v) is 6.16. The van der Waals surface area contributed by atoms with Crippen LogP contribution in [-0.2, 0) is 21.2 Å². The van der Waals surface area contributed by atoms with E-state index >= 15 is 0 Å². The summed E-state index contributed by atoms with van der Waals surface area (Å²) >= 11 is 0. The molecule has 6 nitrogen and oxygen atoms in total. The van der Waals surface area contributed by atoms with Crippen LogP contribution in [0.3, 0.4) is 0 Å². The largest absolute Gasteiger partial charge is 0.309 e. The van der Waals surface area contributed by atoms with Crippen molar-refractivity contribution in [2.45, 2.75) is 31.2 Å². The van der Waals surface area contributed by atoms with Gasteiger partial charge in [0.2, 0.25) is 5.91 Å². The molecule has 1 atom stereocenters. The molecule has 0 radical (unpaired) electrons. The first-order chi connectivity index (χ1) is 12.9. The highest BCUT2D eigenvalue weighted by molar-refractivity contribution is 7.92. The van der Waals surface area contributed by atoms with E-state index in [1.54, 1.807) is 35.4 Å². The highest BCUT2D eigenvalue weighted by Gasteiger charge is 2.30. The SMILES string of the molecule is CC(=O)N1c2ccc(S(=O)(=O)Nc3cccc4cccnc34)cc2CC1C. The average molecular weight is 381 g/mol. The van der Waals surface area contributed by atoms with Gasteiger partial charge in [-0.05, 0) is 49.2 Å². The number of amides is 1. The van der Waals surface area contributed by atoms with Crippen LogP contribution in [0.4, 0.5) is 11.4 Å². The first-order valence-corrected chi connectivity index (χ1v) is 10.1. The second-order valence-corrected chi connectivity index (χ2v) is 8.40. The highest BCUT2D eigenvalue weighted by Crippen LogP contribution is 2.34. The van der Waals surface area contributed by atoms with Crippen molar-refractivity contribution >= 4 is 38.2 Å². The lowest BCUT2D eigenvalue weighted by molar-refractivity contribution is -0.116. The molecule has 4 rings (SSSR count). The molecule has 3 aromatic rings. The van der Waals surface area contributed by atoms with Gasteiger partial charge in [0.25, 0.3) is 10.0 Å². The van der Waals surface area contributed by atoms with Crippen molar-refractivity contribution in [3.05, 3.63) is 60.3 Å². The second kappa shape index (κ2) is 6.35. The van der Waals surface area contributed by atoms with Gasteiger partial charge in [-0.15, -0.1) is 0 Å². The molecule has 1 aromatic heterocycles. The second-order valence-electron chi connectivity index (χ2n) is 6.72. The van der Waals surface area contributed by atoms with Gasteiger partial charge in [-0.1, -0.05) is 18.2 Å². The van der Waals surface area contributed by atoms with E-state index in [1.807, 2.05) is 25.1 Å². The molecule has 7 heteroatoms. The predicted molar refractivity (Wildman–Crippen MR) is 105 cm³/mol. The van der Waals surface area contributed by atoms with Crippen LogP contribution in [0.25, 0.3) is 10.9 Å². The van der Waals surface area contributed by atoms with Gasteiger partial charge < -0.3 is 4.90 Å². The van der Waals surface area contributed by atoms with Gasteiger partial charge in [-0.25, -0.2) is 8.42 Å². The number of benzene rings is 2. The normalized spacial score (nSPS) is 16.4. The summed E-state index contributed by atoms with van der Waals surface area (Å²) < 4.78 is 28.5. The molecule has 1 aliphatic rings. The Labute approximate surface area is 157 Å². The number of aromatic nitrogens is 1. The van der Waals surface area contributed by atoms with Crippen LogP contribution in [0.2, 0.25) is 0 Å². The zero-order valence-electron chi connectivity index (χ0n) is 15.0. The number of rotatable bonds is 3. The molecular formula is C20H19N3O3S. The maximum atomic E-state index is 12.9. The third kappa shape index (κ3) is 3.04. The van der Waals surface area contributed by atoms with Crippen LogP contribution in [0, 0.1) is 0 Å². The Bertz CT molecular complexity index is 1150. The molecule has 0 bridgehead atoms. The summed E-state index contributed by atoms with van der Waals surface area (Å²) in [6.07, 6.45) is 2.27. The van der Waals surface area contributed by atoms with E-state index in [-0.39, 0.29) is 16.8 Å². The topological polar surface area (TPSA) is 79.4 Å². The van der Waals surface area contributed by atoms with Gasteiger partial charge in [0.05, 0.1) is 16.1 Å². The molecule has 1 aliphatic heterocycles. The maximum Gasteiger partial charge on any atom is 0.261 e. The number of sulfonamides is 1. The average Bonchev–Trinajstić information content (AvgIpc) is 2.97. The minimum atomic E-state index is -3.78. The molecule has 0 saturated heterocycles. The molecule has 0 spiro atoms. The fraction of sp³-hybridized carbons (Fsp3) is 0.200. The number of fused-ring (bicyclic) bond motifs is 2. The number of hydrogen-bond acceptors (Lipinski definition) is 4. The summed E-state index contributed by atoms with van der Waals surface area (Å²) in [7, 11) is -3.78. The lowest BCUT2D eigenvalue weighted by Crippen LogP contribution is -2.33. The number of pyridine rings is 1. The molecule has 138 valence electrons. The molecule has 1 amide bonds. The molecule has 1 N–H and O–H groups in total. The zero-order valence-corrected chi connectivity index (χ0v) is 15.8. The summed E-state index contributed by atoms with van der Waals surface area (Å²) in [5, 5.41) is 0.859. The van der Waals surface area contributed by atoms with Crippen molar-refractivity contribution in [3.8, 4) is 0 Å². The summed E-state index contributed by atoms with van der Waals surface area (Å²) in [4.78, 5) is 18.0. The predicted octanol–water partition coefficient (Wildman–Crippen LogP) is 3.33. The Balaban J connectivity index is 1.71. The van der Waals surface area contributed by atoms with Crippen LogP contribution in [-0.4, -0.2) is 25.4 Å². The van der Waals surface area contributed by atoms with Crippen LogP contribution in [0.5, 0.6) is 0 Å². The van der Waals surface area contributed by atoms with E-state index in [4.69, 9.17) is 0 Å². The van der Waals surface area contributed by atoms with Gasteiger partial charge in [0, 0.05) is 30.2 Å².